The molecule has 1 rings (SSSR count). The summed E-state index contributed by atoms with van der Waals surface area (Å²) in [5, 5.41) is 8.89. The van der Waals surface area contributed by atoms with E-state index in [1.807, 2.05) is 30.3 Å². The number of nitrogens with two attached hydrogens (primary N) is 1. The van der Waals surface area contributed by atoms with Gasteiger partial charge in [0.25, 0.3) is 0 Å². The Morgan fingerprint density at radius 1 is 1.36 bits per heavy atom. The van der Waals surface area contributed by atoms with Gasteiger partial charge in [0.05, 0.1) is 25.4 Å². The Balaban J connectivity index is 2.29. The Kier molecular flexibility index (Phi) is 4.07. The second kappa shape index (κ2) is 5.10. The lowest BCUT2D eigenvalue weighted by Crippen LogP contribution is -2.44. The third-order valence-corrected chi connectivity index (χ3v) is 1.90. The highest BCUT2D eigenvalue weighted by Gasteiger charge is 2.16. The van der Waals surface area contributed by atoms with Crippen molar-refractivity contribution in [2.45, 2.75) is 19.1 Å². The lowest BCUT2D eigenvalue weighted by molar-refractivity contribution is 0.0535. The average Bonchev–Trinajstić information content (AvgIpc) is 2.19. The topological polar surface area (TPSA) is 55.5 Å². The van der Waals surface area contributed by atoms with Crippen molar-refractivity contribution in [1.29, 1.82) is 0 Å². The molecule has 78 valence electrons. The van der Waals surface area contributed by atoms with Crippen molar-refractivity contribution in [2.75, 3.05) is 13.2 Å². The quantitative estimate of drug-likeness (QED) is 0.734. The third-order valence-electron chi connectivity index (χ3n) is 1.90. The van der Waals surface area contributed by atoms with Gasteiger partial charge in [-0.05, 0) is 12.5 Å². The van der Waals surface area contributed by atoms with Crippen molar-refractivity contribution in [2.24, 2.45) is 5.73 Å². The Morgan fingerprint density at radius 3 is 2.57 bits per heavy atom. The van der Waals surface area contributed by atoms with Crippen molar-refractivity contribution in [1.82, 2.24) is 0 Å². The highest BCUT2D eigenvalue weighted by Crippen LogP contribution is 2.04. The zero-order chi connectivity index (χ0) is 10.4. The molecule has 1 atom stereocenters. The van der Waals surface area contributed by atoms with E-state index in [-0.39, 0.29) is 6.61 Å². The summed E-state index contributed by atoms with van der Waals surface area (Å²) in [7, 11) is 0. The highest BCUT2D eigenvalue weighted by atomic mass is 16.5. The van der Waals surface area contributed by atoms with Crippen LogP contribution in [0.1, 0.15) is 12.5 Å². The molecular formula is C11H17NO2. The molecule has 0 aliphatic carbocycles. The Hall–Kier alpha value is -0.900. The summed E-state index contributed by atoms with van der Waals surface area (Å²) in [5.41, 5.74) is 6.17. The molecule has 0 aliphatic rings. The normalized spacial score (nSPS) is 15.1. The first-order chi connectivity index (χ1) is 6.64. The summed E-state index contributed by atoms with van der Waals surface area (Å²) < 4.78 is 5.39. The van der Waals surface area contributed by atoms with E-state index in [1.54, 1.807) is 6.92 Å². The van der Waals surface area contributed by atoms with Gasteiger partial charge in [0.1, 0.15) is 0 Å². The first kappa shape index (κ1) is 11.2. The number of aliphatic hydroxyl groups excluding tert-OH is 1. The molecule has 0 fully saturated rings. The summed E-state index contributed by atoms with van der Waals surface area (Å²) in [6.07, 6.45) is 0. The molecule has 0 aliphatic heterocycles. The van der Waals surface area contributed by atoms with Crippen molar-refractivity contribution >= 4 is 0 Å². The zero-order valence-electron chi connectivity index (χ0n) is 8.44. The number of benzene rings is 1. The maximum Gasteiger partial charge on any atom is 0.0717 e. The summed E-state index contributed by atoms with van der Waals surface area (Å²) in [4.78, 5) is 0. The summed E-state index contributed by atoms with van der Waals surface area (Å²) in [6, 6.07) is 9.88. The lowest BCUT2D eigenvalue weighted by Gasteiger charge is -2.21. The largest absolute Gasteiger partial charge is 0.394 e. The Morgan fingerprint density at radius 2 is 2.00 bits per heavy atom. The molecule has 0 saturated heterocycles. The van der Waals surface area contributed by atoms with Crippen LogP contribution in [0.5, 0.6) is 0 Å². The SMILES string of the molecule is CC(N)(CO)COCc1ccccc1. The van der Waals surface area contributed by atoms with E-state index in [2.05, 4.69) is 0 Å². The first-order valence-corrected chi connectivity index (χ1v) is 4.65. The predicted octanol–water partition coefficient (Wildman–Crippen LogP) is 0.913. The van der Waals surface area contributed by atoms with Gasteiger partial charge in [-0.3, -0.25) is 0 Å². The van der Waals surface area contributed by atoms with Gasteiger partial charge in [0.2, 0.25) is 0 Å². The molecule has 1 aromatic rings. The third kappa shape index (κ3) is 3.87. The molecule has 1 aromatic carbocycles. The van der Waals surface area contributed by atoms with Crippen LogP contribution in [0.4, 0.5) is 0 Å². The van der Waals surface area contributed by atoms with Crippen molar-refractivity contribution in [3.63, 3.8) is 0 Å². The molecule has 1 unspecified atom stereocenters. The molecule has 0 heterocycles. The number of rotatable bonds is 5. The van der Waals surface area contributed by atoms with E-state index >= 15 is 0 Å². The molecule has 0 aromatic heterocycles. The van der Waals surface area contributed by atoms with Gasteiger partial charge in [-0.1, -0.05) is 30.3 Å². The number of hydrogen-bond acceptors (Lipinski definition) is 3. The van der Waals surface area contributed by atoms with E-state index in [4.69, 9.17) is 15.6 Å². The second-order valence-corrected chi connectivity index (χ2v) is 3.79. The van der Waals surface area contributed by atoms with Gasteiger partial charge >= 0.3 is 0 Å². The summed E-state index contributed by atoms with van der Waals surface area (Å²) in [6.45, 7) is 2.59. The fourth-order valence-corrected chi connectivity index (χ4v) is 1.02. The molecular weight excluding hydrogens is 178 g/mol. The van der Waals surface area contributed by atoms with E-state index in [0.29, 0.717) is 13.2 Å². The minimum atomic E-state index is -0.644. The number of ether oxygens (including phenoxy) is 1. The van der Waals surface area contributed by atoms with Crippen LogP contribution >= 0.6 is 0 Å². The molecule has 3 nitrogen and oxygen atoms in total. The van der Waals surface area contributed by atoms with E-state index in [9.17, 15) is 0 Å². The highest BCUT2D eigenvalue weighted by molar-refractivity contribution is 5.13. The minimum absolute atomic E-state index is 0.0677. The maximum atomic E-state index is 8.89. The van der Waals surface area contributed by atoms with Crippen LogP contribution in [-0.2, 0) is 11.3 Å². The van der Waals surface area contributed by atoms with Crippen LogP contribution in [0.3, 0.4) is 0 Å². The Bertz CT molecular complexity index is 259. The van der Waals surface area contributed by atoms with Gasteiger partial charge < -0.3 is 15.6 Å². The lowest BCUT2D eigenvalue weighted by atomic mass is 10.1. The molecule has 0 saturated carbocycles. The van der Waals surface area contributed by atoms with Crippen molar-refractivity contribution in [3.05, 3.63) is 35.9 Å². The van der Waals surface area contributed by atoms with Crippen molar-refractivity contribution in [3.8, 4) is 0 Å². The van der Waals surface area contributed by atoms with Crippen LogP contribution in [0.25, 0.3) is 0 Å². The van der Waals surface area contributed by atoms with Crippen LogP contribution in [0.15, 0.2) is 30.3 Å². The van der Waals surface area contributed by atoms with Crippen molar-refractivity contribution < 1.29 is 9.84 Å². The van der Waals surface area contributed by atoms with Crippen LogP contribution in [0, 0.1) is 0 Å². The maximum absolute atomic E-state index is 8.89. The molecule has 0 radical (unpaired) electrons. The molecule has 3 N–H and O–H groups in total. The van der Waals surface area contributed by atoms with Gasteiger partial charge in [-0.15, -0.1) is 0 Å². The number of hydrogen-bond donors (Lipinski definition) is 2. The van der Waals surface area contributed by atoms with Gasteiger partial charge in [-0.25, -0.2) is 0 Å². The van der Waals surface area contributed by atoms with Gasteiger partial charge in [0, 0.05) is 0 Å². The molecule has 14 heavy (non-hydrogen) atoms. The van der Waals surface area contributed by atoms with Gasteiger partial charge in [-0.2, -0.15) is 0 Å². The summed E-state index contributed by atoms with van der Waals surface area (Å²) in [5.74, 6) is 0. The average molecular weight is 195 g/mol. The fraction of sp³-hybridized carbons (Fsp3) is 0.455. The van der Waals surface area contributed by atoms with Crippen LogP contribution in [-0.4, -0.2) is 23.9 Å². The van der Waals surface area contributed by atoms with Gasteiger partial charge in [0.15, 0.2) is 0 Å². The smallest absolute Gasteiger partial charge is 0.0717 e. The predicted molar refractivity (Wildman–Crippen MR) is 55.8 cm³/mol. The molecule has 3 heteroatoms. The fourth-order valence-electron chi connectivity index (χ4n) is 1.02. The Labute approximate surface area is 84.5 Å². The molecule has 0 bridgehead atoms. The monoisotopic (exact) mass is 195 g/mol. The minimum Gasteiger partial charge on any atom is -0.394 e. The molecule has 0 amide bonds. The molecule has 0 spiro atoms. The zero-order valence-corrected chi connectivity index (χ0v) is 8.44. The van der Waals surface area contributed by atoms with Crippen LogP contribution in [0.2, 0.25) is 0 Å². The number of aliphatic hydroxyl groups is 1. The van der Waals surface area contributed by atoms with E-state index in [1.165, 1.54) is 0 Å². The van der Waals surface area contributed by atoms with E-state index < -0.39 is 5.54 Å². The standard InChI is InChI=1S/C11H17NO2/c1-11(12,8-13)9-14-7-10-5-3-2-4-6-10/h2-6,13H,7-9,12H2,1H3. The van der Waals surface area contributed by atoms with Crippen LogP contribution < -0.4 is 5.73 Å². The summed E-state index contributed by atoms with van der Waals surface area (Å²) >= 11 is 0. The second-order valence-electron chi connectivity index (χ2n) is 3.79. The van der Waals surface area contributed by atoms with E-state index in [0.717, 1.165) is 5.56 Å². The first-order valence-electron chi connectivity index (χ1n) is 4.65.